The van der Waals surface area contributed by atoms with Gasteiger partial charge in [-0.3, -0.25) is 0 Å². The lowest BCUT2D eigenvalue weighted by atomic mass is 9.89. The lowest BCUT2D eigenvalue weighted by Gasteiger charge is -2.35. The minimum atomic E-state index is 0.131. The maximum Gasteiger partial charge on any atom is 0.0387 e. The zero-order valence-corrected chi connectivity index (χ0v) is 11.1. The molecule has 0 unspecified atom stereocenters. The van der Waals surface area contributed by atoms with Crippen molar-refractivity contribution in [1.82, 2.24) is 5.32 Å². The molecule has 2 aliphatic carbocycles. The van der Waals surface area contributed by atoms with Gasteiger partial charge in [-0.2, -0.15) is 0 Å². The van der Waals surface area contributed by atoms with Crippen LogP contribution in [-0.2, 0) is 12.8 Å². The Bertz CT molecular complexity index is 382. The second-order valence-electron chi connectivity index (χ2n) is 6.09. The molecule has 3 N–H and O–H groups in total. The Hall–Kier alpha value is -0.860. The highest BCUT2D eigenvalue weighted by atomic mass is 15.0. The molecule has 1 saturated carbocycles. The van der Waals surface area contributed by atoms with Gasteiger partial charge in [0.25, 0.3) is 0 Å². The summed E-state index contributed by atoms with van der Waals surface area (Å²) in [4.78, 5) is 0. The van der Waals surface area contributed by atoms with Crippen LogP contribution in [0, 0.1) is 0 Å². The predicted octanol–water partition coefficient (Wildman–Crippen LogP) is 2.41. The number of benzene rings is 1. The van der Waals surface area contributed by atoms with Gasteiger partial charge in [0, 0.05) is 18.1 Å². The molecule has 0 aliphatic heterocycles. The van der Waals surface area contributed by atoms with Gasteiger partial charge in [-0.05, 0) is 36.8 Å². The van der Waals surface area contributed by atoms with Crippen LogP contribution in [0.2, 0.25) is 0 Å². The van der Waals surface area contributed by atoms with E-state index in [1.54, 1.807) is 0 Å². The highest BCUT2D eigenvalue weighted by Gasteiger charge is 2.37. The number of rotatable bonds is 3. The van der Waals surface area contributed by atoms with E-state index in [0.717, 1.165) is 19.4 Å². The quantitative estimate of drug-likeness (QED) is 0.857. The fourth-order valence-corrected chi connectivity index (χ4v) is 3.68. The van der Waals surface area contributed by atoms with Gasteiger partial charge in [0.15, 0.2) is 0 Å². The Morgan fingerprint density at radius 3 is 2.22 bits per heavy atom. The molecule has 1 fully saturated rings. The first kappa shape index (κ1) is 12.2. The Morgan fingerprint density at radius 2 is 1.67 bits per heavy atom. The molecule has 1 aromatic carbocycles. The molecular weight excluding hydrogens is 220 g/mol. The summed E-state index contributed by atoms with van der Waals surface area (Å²) in [6.07, 6.45) is 9.05. The average molecular weight is 244 g/mol. The monoisotopic (exact) mass is 244 g/mol. The van der Waals surface area contributed by atoms with Gasteiger partial charge in [-0.25, -0.2) is 0 Å². The Morgan fingerprint density at radius 1 is 1.06 bits per heavy atom. The van der Waals surface area contributed by atoms with Gasteiger partial charge in [0.05, 0.1) is 0 Å². The first-order chi connectivity index (χ1) is 8.81. The molecule has 0 radical (unpaired) electrons. The summed E-state index contributed by atoms with van der Waals surface area (Å²) in [5, 5.41) is 3.90. The van der Waals surface area contributed by atoms with E-state index in [1.807, 2.05) is 0 Å². The van der Waals surface area contributed by atoms with Crippen LogP contribution in [0.25, 0.3) is 0 Å². The van der Waals surface area contributed by atoms with E-state index < -0.39 is 0 Å². The summed E-state index contributed by atoms with van der Waals surface area (Å²) in [6, 6.07) is 9.50. The van der Waals surface area contributed by atoms with E-state index >= 15 is 0 Å². The van der Waals surface area contributed by atoms with Crippen LogP contribution < -0.4 is 11.1 Å². The third-order valence-electron chi connectivity index (χ3n) is 4.68. The molecule has 98 valence electrons. The molecule has 3 rings (SSSR count). The van der Waals surface area contributed by atoms with E-state index in [0.29, 0.717) is 6.04 Å². The van der Waals surface area contributed by atoms with Crippen LogP contribution >= 0.6 is 0 Å². The van der Waals surface area contributed by atoms with E-state index in [2.05, 4.69) is 29.6 Å². The number of nitrogens with two attached hydrogens (primary N) is 1. The molecule has 0 atom stereocenters. The van der Waals surface area contributed by atoms with Gasteiger partial charge < -0.3 is 11.1 Å². The van der Waals surface area contributed by atoms with Crippen molar-refractivity contribution in [1.29, 1.82) is 0 Å². The highest BCUT2D eigenvalue weighted by molar-refractivity contribution is 5.36. The van der Waals surface area contributed by atoms with Crippen LogP contribution in [-0.4, -0.2) is 18.1 Å². The van der Waals surface area contributed by atoms with Crippen molar-refractivity contribution < 1.29 is 0 Å². The van der Waals surface area contributed by atoms with Crippen molar-refractivity contribution in [2.45, 2.75) is 56.5 Å². The smallest absolute Gasteiger partial charge is 0.0387 e. The zero-order valence-electron chi connectivity index (χ0n) is 11.1. The van der Waals surface area contributed by atoms with Gasteiger partial charge >= 0.3 is 0 Å². The average Bonchev–Trinajstić information content (AvgIpc) is 2.78. The highest BCUT2D eigenvalue weighted by Crippen LogP contribution is 2.31. The first-order valence-corrected chi connectivity index (χ1v) is 7.36. The normalized spacial score (nSPS) is 22.9. The number of fused-ring (bicyclic) bond motifs is 1. The Balaban J connectivity index is 1.73. The lowest BCUT2D eigenvalue weighted by Crippen LogP contribution is -2.56. The topological polar surface area (TPSA) is 38.0 Å². The molecule has 2 heteroatoms. The van der Waals surface area contributed by atoms with Crippen molar-refractivity contribution in [2.24, 2.45) is 5.73 Å². The first-order valence-electron chi connectivity index (χ1n) is 7.36. The molecule has 0 heterocycles. The van der Waals surface area contributed by atoms with Crippen LogP contribution in [0.1, 0.15) is 43.2 Å². The fourth-order valence-electron chi connectivity index (χ4n) is 3.68. The summed E-state index contributed by atoms with van der Waals surface area (Å²) >= 11 is 0. The van der Waals surface area contributed by atoms with Gasteiger partial charge in [-0.15, -0.1) is 0 Å². The predicted molar refractivity (Wildman–Crippen MR) is 75.6 cm³/mol. The molecule has 0 saturated heterocycles. The van der Waals surface area contributed by atoms with Gasteiger partial charge in [0.2, 0.25) is 0 Å². The van der Waals surface area contributed by atoms with Gasteiger partial charge in [-0.1, -0.05) is 43.5 Å². The standard InChI is InChI=1S/C16H24N2/c17-12-16(18-15-8-2-1-3-9-15)10-13-6-4-5-7-14(13)11-16/h4-7,15,18H,1-3,8-12,17H2. The molecule has 0 aromatic heterocycles. The largest absolute Gasteiger partial charge is 0.329 e. The van der Waals surface area contributed by atoms with Crippen molar-refractivity contribution in [2.75, 3.05) is 6.54 Å². The fraction of sp³-hybridized carbons (Fsp3) is 0.625. The van der Waals surface area contributed by atoms with Crippen LogP contribution in [0.15, 0.2) is 24.3 Å². The molecule has 0 bridgehead atoms. The van der Waals surface area contributed by atoms with Gasteiger partial charge in [0.1, 0.15) is 0 Å². The summed E-state index contributed by atoms with van der Waals surface area (Å²) in [6.45, 7) is 0.748. The summed E-state index contributed by atoms with van der Waals surface area (Å²) in [5.41, 5.74) is 9.22. The number of hydrogen-bond acceptors (Lipinski definition) is 2. The van der Waals surface area contributed by atoms with Crippen molar-refractivity contribution in [3.05, 3.63) is 35.4 Å². The molecule has 1 aromatic rings. The minimum Gasteiger partial charge on any atom is -0.329 e. The third kappa shape index (κ3) is 2.32. The third-order valence-corrected chi connectivity index (χ3v) is 4.68. The molecule has 18 heavy (non-hydrogen) atoms. The molecule has 2 nitrogen and oxygen atoms in total. The minimum absolute atomic E-state index is 0.131. The van der Waals surface area contributed by atoms with E-state index in [9.17, 15) is 0 Å². The van der Waals surface area contributed by atoms with E-state index in [1.165, 1.54) is 43.2 Å². The summed E-state index contributed by atoms with van der Waals surface area (Å²) in [5.74, 6) is 0. The van der Waals surface area contributed by atoms with E-state index in [-0.39, 0.29) is 5.54 Å². The zero-order chi connectivity index (χ0) is 12.4. The Labute approximate surface area is 110 Å². The van der Waals surface area contributed by atoms with Crippen molar-refractivity contribution in [3.63, 3.8) is 0 Å². The van der Waals surface area contributed by atoms with E-state index in [4.69, 9.17) is 5.73 Å². The molecular formula is C16H24N2. The Kier molecular flexibility index (Phi) is 3.40. The molecule has 0 spiro atoms. The van der Waals surface area contributed by atoms with Crippen LogP contribution in [0.5, 0.6) is 0 Å². The molecule has 0 amide bonds. The van der Waals surface area contributed by atoms with Crippen molar-refractivity contribution in [3.8, 4) is 0 Å². The van der Waals surface area contributed by atoms with Crippen LogP contribution in [0.4, 0.5) is 0 Å². The second-order valence-corrected chi connectivity index (χ2v) is 6.09. The number of nitrogens with one attached hydrogen (secondary N) is 1. The van der Waals surface area contributed by atoms with Crippen molar-refractivity contribution >= 4 is 0 Å². The SMILES string of the molecule is NCC1(NC2CCCCC2)Cc2ccccc2C1. The van der Waals surface area contributed by atoms with Crippen LogP contribution in [0.3, 0.4) is 0 Å². The molecule has 2 aliphatic rings. The lowest BCUT2D eigenvalue weighted by molar-refractivity contribution is 0.259. The number of hydrogen-bond donors (Lipinski definition) is 2. The summed E-state index contributed by atoms with van der Waals surface area (Å²) in [7, 11) is 0. The maximum absolute atomic E-state index is 6.10. The second kappa shape index (κ2) is 5.02. The maximum atomic E-state index is 6.10. The summed E-state index contributed by atoms with van der Waals surface area (Å²) < 4.78 is 0.